The monoisotopic (exact) mass is 551 g/mol. The van der Waals surface area contributed by atoms with Crippen molar-refractivity contribution in [3.63, 3.8) is 0 Å². The maximum atomic E-state index is 13.5. The normalized spacial score (nSPS) is 11.3. The fourth-order valence-corrected chi connectivity index (χ4v) is 3.17. The van der Waals surface area contributed by atoms with Crippen molar-refractivity contribution in [1.29, 1.82) is 0 Å². The molecule has 2 aromatic carbocycles. The minimum absolute atomic E-state index is 0. The molecule has 8 heteroatoms. The van der Waals surface area contributed by atoms with Gasteiger partial charge in [-0.1, -0.05) is 26.0 Å². The van der Waals surface area contributed by atoms with Gasteiger partial charge < -0.3 is 20.9 Å². The summed E-state index contributed by atoms with van der Waals surface area (Å²) in [6.07, 6.45) is 2.67. The van der Waals surface area contributed by atoms with Crippen LogP contribution >= 0.6 is 24.0 Å². The number of aromatic nitrogens is 1. The molecule has 1 amide bonds. The number of anilines is 1. The molecule has 0 unspecified atom stereocenters. The molecular weight excluding hydrogens is 520 g/mol. The Kier molecular flexibility index (Phi) is 9.96. The maximum absolute atomic E-state index is 13.5. The second kappa shape index (κ2) is 12.4. The van der Waals surface area contributed by atoms with Gasteiger partial charge in [-0.3, -0.25) is 4.79 Å². The first kappa shape index (κ1) is 25.6. The van der Waals surface area contributed by atoms with E-state index in [-0.39, 0.29) is 41.6 Å². The lowest BCUT2D eigenvalue weighted by Gasteiger charge is -2.11. The summed E-state index contributed by atoms with van der Waals surface area (Å²) < 4.78 is 13.5. The topological polar surface area (TPSA) is 81.3 Å². The molecule has 172 valence electrons. The van der Waals surface area contributed by atoms with Crippen molar-refractivity contribution in [2.45, 2.75) is 33.7 Å². The molecule has 0 fully saturated rings. The number of hydrogen-bond acceptors (Lipinski definition) is 2. The first-order chi connectivity index (χ1) is 15.0. The molecule has 0 atom stereocenters. The van der Waals surface area contributed by atoms with E-state index in [1.54, 1.807) is 12.1 Å². The minimum Gasteiger partial charge on any atom is -0.361 e. The van der Waals surface area contributed by atoms with E-state index in [2.05, 4.69) is 25.9 Å². The first-order valence-electron chi connectivity index (χ1n) is 10.6. The Hall–Kier alpha value is -2.62. The summed E-state index contributed by atoms with van der Waals surface area (Å²) in [5.41, 5.74) is 3.83. The zero-order valence-electron chi connectivity index (χ0n) is 18.7. The Morgan fingerprint density at radius 1 is 1.12 bits per heavy atom. The lowest BCUT2D eigenvalue weighted by molar-refractivity contribution is -0.118. The van der Waals surface area contributed by atoms with Crippen LogP contribution < -0.4 is 16.0 Å². The van der Waals surface area contributed by atoms with Crippen molar-refractivity contribution < 1.29 is 9.18 Å². The van der Waals surface area contributed by atoms with Gasteiger partial charge in [0.05, 0.1) is 6.54 Å². The van der Waals surface area contributed by atoms with Gasteiger partial charge in [0.25, 0.3) is 0 Å². The number of carbonyl (C=O) groups excluding carboxylic acids is 1. The smallest absolute Gasteiger partial charge is 0.226 e. The van der Waals surface area contributed by atoms with Gasteiger partial charge in [0, 0.05) is 41.8 Å². The third-order valence-corrected chi connectivity index (χ3v) is 4.93. The zero-order valence-corrected chi connectivity index (χ0v) is 21.0. The number of guanidine groups is 1. The van der Waals surface area contributed by atoms with Crippen LogP contribution in [-0.2, 0) is 17.8 Å². The van der Waals surface area contributed by atoms with E-state index in [1.165, 1.54) is 6.07 Å². The number of H-pyrrole nitrogens is 1. The van der Waals surface area contributed by atoms with Gasteiger partial charge in [-0.25, -0.2) is 9.38 Å². The number of benzene rings is 2. The molecule has 0 aliphatic rings. The molecular formula is C24H31FIN5O. The molecule has 1 aromatic heterocycles. The highest BCUT2D eigenvalue weighted by Gasteiger charge is 2.07. The van der Waals surface area contributed by atoms with E-state index in [0.29, 0.717) is 13.1 Å². The Morgan fingerprint density at radius 2 is 1.88 bits per heavy atom. The SMILES string of the molecule is CCNC(=NCc1ccc(NC(=O)C(C)C)cc1)NCCc1c[nH]c2ccc(F)cc12.I. The third-order valence-electron chi connectivity index (χ3n) is 4.93. The van der Waals surface area contributed by atoms with Crippen molar-refractivity contribution in [3.05, 3.63) is 65.6 Å². The lowest BCUT2D eigenvalue weighted by Crippen LogP contribution is -2.38. The number of hydrogen-bond donors (Lipinski definition) is 4. The zero-order chi connectivity index (χ0) is 22.2. The fraction of sp³-hybridized carbons (Fsp3) is 0.333. The van der Waals surface area contributed by atoms with Crippen LogP contribution in [0.5, 0.6) is 0 Å². The Bertz CT molecular complexity index is 1050. The number of aliphatic imine (C=N–C) groups is 1. The second-order valence-electron chi connectivity index (χ2n) is 7.72. The Labute approximate surface area is 205 Å². The minimum atomic E-state index is -0.231. The predicted octanol–water partition coefficient (Wildman–Crippen LogP) is 4.82. The molecule has 0 bridgehead atoms. The molecule has 0 spiro atoms. The molecule has 0 aliphatic heterocycles. The molecule has 0 aliphatic carbocycles. The van der Waals surface area contributed by atoms with E-state index >= 15 is 0 Å². The van der Waals surface area contributed by atoms with Crippen molar-refractivity contribution in [2.24, 2.45) is 10.9 Å². The molecule has 0 saturated heterocycles. The molecule has 3 aromatic rings. The molecule has 0 radical (unpaired) electrons. The van der Waals surface area contributed by atoms with E-state index in [9.17, 15) is 9.18 Å². The van der Waals surface area contributed by atoms with E-state index in [1.807, 2.05) is 51.2 Å². The lowest BCUT2D eigenvalue weighted by atomic mass is 10.1. The predicted molar refractivity (Wildman–Crippen MR) is 140 cm³/mol. The van der Waals surface area contributed by atoms with Crippen molar-refractivity contribution in [1.82, 2.24) is 15.6 Å². The summed E-state index contributed by atoms with van der Waals surface area (Å²) >= 11 is 0. The van der Waals surface area contributed by atoms with Crippen LogP contribution in [0.15, 0.2) is 53.7 Å². The summed E-state index contributed by atoms with van der Waals surface area (Å²) in [6.45, 7) is 7.70. The molecule has 1 heterocycles. The molecule has 3 rings (SSSR count). The Balaban J connectivity index is 0.00000363. The van der Waals surface area contributed by atoms with E-state index in [0.717, 1.165) is 46.6 Å². The number of aromatic amines is 1. The summed E-state index contributed by atoms with van der Waals surface area (Å²) in [7, 11) is 0. The van der Waals surface area contributed by atoms with E-state index in [4.69, 9.17) is 0 Å². The van der Waals surface area contributed by atoms with Gasteiger partial charge in [0.1, 0.15) is 5.82 Å². The quantitative estimate of drug-likeness (QED) is 0.184. The number of nitrogens with one attached hydrogen (secondary N) is 4. The van der Waals surface area contributed by atoms with Crippen LogP contribution in [0.4, 0.5) is 10.1 Å². The van der Waals surface area contributed by atoms with Crippen molar-refractivity contribution >= 4 is 52.4 Å². The van der Waals surface area contributed by atoms with Crippen LogP contribution in [0.3, 0.4) is 0 Å². The van der Waals surface area contributed by atoms with Gasteiger partial charge in [0.15, 0.2) is 5.96 Å². The molecule has 32 heavy (non-hydrogen) atoms. The average Bonchev–Trinajstić information content (AvgIpc) is 3.15. The Morgan fingerprint density at radius 3 is 2.56 bits per heavy atom. The highest BCUT2D eigenvalue weighted by Crippen LogP contribution is 2.19. The van der Waals surface area contributed by atoms with Crippen LogP contribution in [-0.4, -0.2) is 29.9 Å². The first-order valence-corrected chi connectivity index (χ1v) is 10.6. The second-order valence-corrected chi connectivity index (χ2v) is 7.72. The largest absolute Gasteiger partial charge is 0.361 e. The average molecular weight is 551 g/mol. The summed E-state index contributed by atoms with van der Waals surface area (Å²) in [5.74, 6) is 0.445. The van der Waals surface area contributed by atoms with Gasteiger partial charge >= 0.3 is 0 Å². The number of nitrogens with zero attached hydrogens (tertiary/aromatic N) is 1. The van der Waals surface area contributed by atoms with Gasteiger partial charge in [-0.05, 0) is 54.8 Å². The van der Waals surface area contributed by atoms with Crippen LogP contribution in [0.25, 0.3) is 10.9 Å². The number of fused-ring (bicyclic) bond motifs is 1. The maximum Gasteiger partial charge on any atom is 0.226 e. The van der Waals surface area contributed by atoms with Crippen LogP contribution in [0.1, 0.15) is 31.9 Å². The van der Waals surface area contributed by atoms with Gasteiger partial charge in [-0.2, -0.15) is 0 Å². The number of carbonyl (C=O) groups is 1. The summed E-state index contributed by atoms with van der Waals surface area (Å²) in [6, 6.07) is 12.5. The number of halogens is 2. The molecule has 0 saturated carbocycles. The van der Waals surface area contributed by atoms with Crippen LogP contribution in [0.2, 0.25) is 0 Å². The highest BCUT2D eigenvalue weighted by atomic mass is 127. The molecule has 6 nitrogen and oxygen atoms in total. The van der Waals surface area contributed by atoms with Gasteiger partial charge in [-0.15, -0.1) is 24.0 Å². The van der Waals surface area contributed by atoms with E-state index < -0.39 is 0 Å². The number of rotatable bonds is 8. The van der Waals surface area contributed by atoms with Crippen LogP contribution in [0, 0.1) is 11.7 Å². The summed E-state index contributed by atoms with van der Waals surface area (Å²) in [5, 5.41) is 10.4. The standard InChI is InChI=1S/C24H30FN5O.HI/c1-4-26-24(27-12-11-18-15-28-22-10-7-19(25)13-21(18)22)29-14-17-5-8-20(9-6-17)30-23(31)16(2)3;/h5-10,13,15-16,28H,4,11-12,14H2,1-3H3,(H,30,31)(H2,26,27,29);1H. The number of amides is 1. The summed E-state index contributed by atoms with van der Waals surface area (Å²) in [4.78, 5) is 19.6. The third kappa shape index (κ3) is 7.22. The highest BCUT2D eigenvalue weighted by molar-refractivity contribution is 14.0. The van der Waals surface area contributed by atoms with Gasteiger partial charge in [0.2, 0.25) is 5.91 Å². The van der Waals surface area contributed by atoms with Crippen molar-refractivity contribution in [3.8, 4) is 0 Å². The molecule has 4 N–H and O–H groups in total. The fourth-order valence-electron chi connectivity index (χ4n) is 3.17. The van der Waals surface area contributed by atoms with Crippen molar-refractivity contribution in [2.75, 3.05) is 18.4 Å².